The maximum Gasteiger partial charge on any atom is 0.185 e. The van der Waals surface area contributed by atoms with E-state index in [9.17, 15) is 0 Å². The maximum atomic E-state index is 4.47. The maximum absolute atomic E-state index is 4.47. The molecule has 108 valence electrons. The number of rotatable bonds is 4. The molecule has 1 aliphatic rings. The predicted octanol–water partition coefficient (Wildman–Crippen LogP) is 2.07. The number of piperazine rings is 1. The van der Waals surface area contributed by atoms with Gasteiger partial charge in [0.05, 0.1) is 6.54 Å². The molecule has 0 aromatic carbocycles. The molecule has 1 atom stereocenters. The quantitative estimate of drug-likeness (QED) is 0.864. The average molecular weight is 291 g/mol. The Hall–Kier alpha value is -1.40. The van der Waals surface area contributed by atoms with Crippen molar-refractivity contribution in [3.05, 3.63) is 29.8 Å². The zero-order valence-electron chi connectivity index (χ0n) is 12.1. The van der Waals surface area contributed by atoms with Crippen molar-refractivity contribution < 1.29 is 0 Å². The third kappa shape index (κ3) is 2.71. The van der Waals surface area contributed by atoms with Gasteiger partial charge in [0.1, 0.15) is 5.82 Å². The highest BCUT2D eigenvalue weighted by atomic mass is 32.1. The SMILES string of the molecule is CCn1ccnc1CN1CCN(c2nccs2)[C@@H](C)C1. The molecule has 0 spiro atoms. The van der Waals surface area contributed by atoms with Gasteiger partial charge in [-0.1, -0.05) is 0 Å². The van der Waals surface area contributed by atoms with Gasteiger partial charge in [-0.2, -0.15) is 0 Å². The number of nitrogens with zero attached hydrogens (tertiary/aromatic N) is 5. The Balaban J connectivity index is 1.62. The Morgan fingerprint density at radius 1 is 1.30 bits per heavy atom. The van der Waals surface area contributed by atoms with Crippen LogP contribution < -0.4 is 4.90 Å². The van der Waals surface area contributed by atoms with E-state index in [1.165, 1.54) is 5.82 Å². The lowest BCUT2D eigenvalue weighted by Gasteiger charge is -2.39. The summed E-state index contributed by atoms with van der Waals surface area (Å²) < 4.78 is 2.22. The lowest BCUT2D eigenvalue weighted by molar-refractivity contribution is 0.213. The van der Waals surface area contributed by atoms with Crippen molar-refractivity contribution in [3.8, 4) is 0 Å². The average Bonchev–Trinajstić information content (AvgIpc) is 3.09. The molecule has 0 unspecified atom stereocenters. The monoisotopic (exact) mass is 291 g/mol. The van der Waals surface area contributed by atoms with Crippen LogP contribution in [0.5, 0.6) is 0 Å². The minimum absolute atomic E-state index is 0.500. The number of hydrogen-bond donors (Lipinski definition) is 0. The summed E-state index contributed by atoms with van der Waals surface area (Å²) in [4.78, 5) is 13.8. The standard InChI is InChI=1S/C14H21N5S/c1-3-18-6-4-15-13(18)11-17-7-8-19(12(2)10-17)14-16-5-9-20-14/h4-6,9,12H,3,7-8,10-11H2,1-2H3/t12-/m0/s1. The minimum atomic E-state index is 0.500. The van der Waals surface area contributed by atoms with Crippen LogP contribution in [-0.4, -0.2) is 45.1 Å². The summed E-state index contributed by atoms with van der Waals surface area (Å²) in [6.07, 6.45) is 5.84. The van der Waals surface area contributed by atoms with E-state index in [2.05, 4.69) is 44.4 Å². The summed E-state index contributed by atoms with van der Waals surface area (Å²) in [5, 5.41) is 3.19. The number of anilines is 1. The molecule has 1 fully saturated rings. The molecule has 2 aromatic heterocycles. The van der Waals surface area contributed by atoms with Crippen molar-refractivity contribution in [2.75, 3.05) is 24.5 Å². The van der Waals surface area contributed by atoms with Crippen LogP contribution in [-0.2, 0) is 13.1 Å². The largest absolute Gasteiger partial charge is 0.343 e. The van der Waals surface area contributed by atoms with Gasteiger partial charge >= 0.3 is 0 Å². The first kappa shape index (κ1) is 13.6. The van der Waals surface area contributed by atoms with Crippen LogP contribution in [0.3, 0.4) is 0 Å². The van der Waals surface area contributed by atoms with E-state index in [1.54, 1.807) is 11.3 Å². The first-order chi connectivity index (χ1) is 9.78. The summed E-state index contributed by atoms with van der Waals surface area (Å²) in [5.41, 5.74) is 0. The normalized spacial score (nSPS) is 20.5. The fourth-order valence-electron chi connectivity index (χ4n) is 2.80. The van der Waals surface area contributed by atoms with Crippen molar-refractivity contribution >= 4 is 16.5 Å². The van der Waals surface area contributed by atoms with E-state index in [-0.39, 0.29) is 0 Å². The Bertz CT molecular complexity index is 536. The Labute approximate surface area is 123 Å². The smallest absolute Gasteiger partial charge is 0.185 e. The number of aryl methyl sites for hydroxylation is 1. The summed E-state index contributed by atoms with van der Waals surface area (Å²) in [6, 6.07) is 0.500. The minimum Gasteiger partial charge on any atom is -0.343 e. The summed E-state index contributed by atoms with van der Waals surface area (Å²) in [6.45, 7) is 9.55. The molecule has 1 aliphatic heterocycles. The van der Waals surface area contributed by atoms with Gasteiger partial charge in [-0.25, -0.2) is 9.97 Å². The number of imidazole rings is 1. The molecule has 3 heterocycles. The van der Waals surface area contributed by atoms with E-state index < -0.39 is 0 Å². The van der Waals surface area contributed by atoms with Crippen molar-refractivity contribution in [2.24, 2.45) is 0 Å². The van der Waals surface area contributed by atoms with E-state index in [1.807, 2.05) is 17.8 Å². The molecule has 2 aromatic rings. The van der Waals surface area contributed by atoms with E-state index >= 15 is 0 Å². The van der Waals surface area contributed by atoms with Gasteiger partial charge in [-0.3, -0.25) is 4.90 Å². The Morgan fingerprint density at radius 3 is 2.90 bits per heavy atom. The molecular weight excluding hydrogens is 270 g/mol. The van der Waals surface area contributed by atoms with Crippen LogP contribution in [0.1, 0.15) is 19.7 Å². The van der Waals surface area contributed by atoms with Crippen LogP contribution >= 0.6 is 11.3 Å². The van der Waals surface area contributed by atoms with Crippen molar-refractivity contribution in [3.63, 3.8) is 0 Å². The van der Waals surface area contributed by atoms with E-state index in [0.29, 0.717) is 6.04 Å². The molecule has 0 N–H and O–H groups in total. The zero-order valence-corrected chi connectivity index (χ0v) is 12.9. The first-order valence-electron chi connectivity index (χ1n) is 7.16. The molecule has 0 radical (unpaired) electrons. The van der Waals surface area contributed by atoms with Gasteiger partial charge in [-0.05, 0) is 13.8 Å². The topological polar surface area (TPSA) is 37.2 Å². The van der Waals surface area contributed by atoms with Gasteiger partial charge in [0.25, 0.3) is 0 Å². The summed E-state index contributed by atoms with van der Waals surface area (Å²) in [7, 11) is 0. The molecule has 20 heavy (non-hydrogen) atoms. The van der Waals surface area contributed by atoms with Crippen molar-refractivity contribution in [1.82, 2.24) is 19.4 Å². The highest BCUT2D eigenvalue weighted by Crippen LogP contribution is 2.23. The van der Waals surface area contributed by atoms with Crippen LogP contribution in [0.25, 0.3) is 0 Å². The van der Waals surface area contributed by atoms with Crippen molar-refractivity contribution in [1.29, 1.82) is 0 Å². The van der Waals surface area contributed by atoms with Gasteiger partial charge in [0.2, 0.25) is 0 Å². The second kappa shape index (κ2) is 5.93. The molecule has 3 rings (SSSR count). The predicted molar refractivity (Wildman–Crippen MR) is 82.1 cm³/mol. The molecule has 0 aliphatic carbocycles. The molecule has 0 saturated carbocycles. The Morgan fingerprint density at radius 2 is 2.20 bits per heavy atom. The lowest BCUT2D eigenvalue weighted by Crippen LogP contribution is -2.51. The van der Waals surface area contributed by atoms with Crippen LogP contribution in [0.2, 0.25) is 0 Å². The highest BCUT2D eigenvalue weighted by Gasteiger charge is 2.25. The zero-order chi connectivity index (χ0) is 13.9. The third-order valence-electron chi connectivity index (χ3n) is 3.88. The number of aromatic nitrogens is 3. The molecule has 6 heteroatoms. The third-order valence-corrected chi connectivity index (χ3v) is 4.69. The van der Waals surface area contributed by atoms with E-state index in [4.69, 9.17) is 0 Å². The fraction of sp³-hybridized carbons (Fsp3) is 0.571. The van der Waals surface area contributed by atoms with Crippen molar-refractivity contribution in [2.45, 2.75) is 33.0 Å². The van der Waals surface area contributed by atoms with Crippen LogP contribution in [0, 0.1) is 0 Å². The number of thiazole rings is 1. The second-order valence-electron chi connectivity index (χ2n) is 5.22. The fourth-order valence-corrected chi connectivity index (χ4v) is 3.57. The molecule has 1 saturated heterocycles. The number of hydrogen-bond acceptors (Lipinski definition) is 5. The molecule has 0 bridgehead atoms. The Kier molecular flexibility index (Phi) is 4.03. The van der Waals surface area contributed by atoms with Gasteiger partial charge < -0.3 is 9.47 Å². The van der Waals surface area contributed by atoms with Crippen LogP contribution in [0.15, 0.2) is 24.0 Å². The lowest BCUT2D eigenvalue weighted by atomic mass is 10.2. The highest BCUT2D eigenvalue weighted by molar-refractivity contribution is 7.13. The van der Waals surface area contributed by atoms with Gasteiger partial charge in [-0.15, -0.1) is 11.3 Å². The van der Waals surface area contributed by atoms with E-state index in [0.717, 1.165) is 37.9 Å². The summed E-state index contributed by atoms with van der Waals surface area (Å²) >= 11 is 1.73. The second-order valence-corrected chi connectivity index (χ2v) is 6.09. The molecular formula is C14H21N5S. The molecule has 5 nitrogen and oxygen atoms in total. The van der Waals surface area contributed by atoms with Crippen LogP contribution in [0.4, 0.5) is 5.13 Å². The summed E-state index contributed by atoms with van der Waals surface area (Å²) in [5.74, 6) is 1.17. The van der Waals surface area contributed by atoms with Gasteiger partial charge in [0.15, 0.2) is 5.13 Å². The molecule has 0 amide bonds. The van der Waals surface area contributed by atoms with Gasteiger partial charge in [0, 0.05) is 56.2 Å². The first-order valence-corrected chi connectivity index (χ1v) is 8.04.